The van der Waals surface area contributed by atoms with E-state index < -0.39 is 0 Å². The Kier molecular flexibility index (Phi) is 1.86. The van der Waals surface area contributed by atoms with Crippen LogP contribution in [0.15, 0.2) is 0 Å². The Bertz CT molecular complexity index is 197. The summed E-state index contributed by atoms with van der Waals surface area (Å²) in [6.45, 7) is 2.59. The van der Waals surface area contributed by atoms with E-state index in [-0.39, 0.29) is 0 Å². The van der Waals surface area contributed by atoms with Gasteiger partial charge in [0.25, 0.3) is 0 Å². The van der Waals surface area contributed by atoms with E-state index in [0.29, 0.717) is 30.8 Å². The molecule has 0 spiro atoms. The van der Waals surface area contributed by atoms with Crippen LogP contribution in [-0.2, 0) is 4.74 Å². The monoisotopic (exact) mass is 183 g/mol. The van der Waals surface area contributed by atoms with Crippen molar-refractivity contribution >= 4 is 0 Å². The molecule has 2 heterocycles. The number of aliphatic hydroxyl groups excluding tert-OH is 1. The van der Waals surface area contributed by atoms with E-state index in [0.717, 1.165) is 13.1 Å². The van der Waals surface area contributed by atoms with Gasteiger partial charge in [0.15, 0.2) is 0 Å². The second-order valence-electron chi connectivity index (χ2n) is 4.66. The maximum atomic E-state index is 9.00. The fraction of sp³-hybridized carbons (Fsp3) is 1.00. The molecule has 4 atom stereocenters. The van der Waals surface area contributed by atoms with E-state index in [1.807, 2.05) is 0 Å². The molecule has 3 nitrogen and oxygen atoms in total. The lowest BCUT2D eigenvalue weighted by molar-refractivity contribution is -0.0433. The molecule has 1 saturated carbocycles. The molecule has 0 aromatic rings. The summed E-state index contributed by atoms with van der Waals surface area (Å²) in [5.74, 6) is 0.567. The van der Waals surface area contributed by atoms with Gasteiger partial charge in [-0.25, -0.2) is 0 Å². The number of rotatable bonds is 2. The second kappa shape index (κ2) is 2.94. The molecule has 2 bridgehead atoms. The number of hydrogen-bond donors (Lipinski definition) is 1. The second-order valence-corrected chi connectivity index (χ2v) is 4.66. The van der Waals surface area contributed by atoms with Crippen LogP contribution in [0.5, 0.6) is 0 Å². The van der Waals surface area contributed by atoms with Crippen molar-refractivity contribution in [1.82, 2.24) is 4.90 Å². The lowest BCUT2D eigenvalue weighted by atomic mass is 10.2. The fourth-order valence-corrected chi connectivity index (χ4v) is 2.79. The van der Waals surface area contributed by atoms with Gasteiger partial charge in [-0.1, -0.05) is 0 Å². The van der Waals surface area contributed by atoms with Gasteiger partial charge in [-0.05, 0) is 25.2 Å². The molecule has 3 fully saturated rings. The first-order valence-electron chi connectivity index (χ1n) is 5.37. The van der Waals surface area contributed by atoms with Crippen molar-refractivity contribution in [2.45, 2.75) is 37.5 Å². The lowest BCUT2D eigenvalue weighted by Gasteiger charge is -2.32. The molecule has 0 aromatic heterocycles. The van der Waals surface area contributed by atoms with Crippen LogP contribution in [0.1, 0.15) is 19.3 Å². The zero-order chi connectivity index (χ0) is 8.84. The number of hydrogen-bond acceptors (Lipinski definition) is 3. The summed E-state index contributed by atoms with van der Waals surface area (Å²) in [6.07, 6.45) is 4.70. The van der Waals surface area contributed by atoms with Gasteiger partial charge in [0.05, 0.1) is 12.2 Å². The van der Waals surface area contributed by atoms with Gasteiger partial charge in [0.1, 0.15) is 0 Å². The molecule has 3 heteroatoms. The third-order valence-electron chi connectivity index (χ3n) is 3.66. The van der Waals surface area contributed by atoms with Crippen LogP contribution in [0.2, 0.25) is 0 Å². The van der Waals surface area contributed by atoms with Crippen molar-refractivity contribution in [2.24, 2.45) is 5.92 Å². The average molecular weight is 183 g/mol. The van der Waals surface area contributed by atoms with Crippen molar-refractivity contribution in [2.75, 3.05) is 19.7 Å². The van der Waals surface area contributed by atoms with Crippen LogP contribution in [0.4, 0.5) is 0 Å². The van der Waals surface area contributed by atoms with Gasteiger partial charge in [-0.3, -0.25) is 4.90 Å². The van der Waals surface area contributed by atoms with Gasteiger partial charge in [-0.15, -0.1) is 0 Å². The molecule has 0 amide bonds. The predicted octanol–water partition coefficient (Wildman–Crippen LogP) is 0.230. The lowest BCUT2D eigenvalue weighted by Crippen LogP contribution is -2.44. The highest BCUT2D eigenvalue weighted by Gasteiger charge is 2.45. The third kappa shape index (κ3) is 1.39. The first-order chi connectivity index (χ1) is 6.36. The zero-order valence-electron chi connectivity index (χ0n) is 7.85. The highest BCUT2D eigenvalue weighted by Crippen LogP contribution is 2.39. The smallest absolute Gasteiger partial charge is 0.0707 e. The summed E-state index contributed by atoms with van der Waals surface area (Å²) in [5, 5.41) is 9.00. The Morgan fingerprint density at radius 3 is 2.46 bits per heavy atom. The van der Waals surface area contributed by atoms with Gasteiger partial charge < -0.3 is 9.84 Å². The Morgan fingerprint density at radius 1 is 1.23 bits per heavy atom. The summed E-state index contributed by atoms with van der Waals surface area (Å²) in [4.78, 5) is 2.53. The van der Waals surface area contributed by atoms with E-state index in [1.165, 1.54) is 19.3 Å². The van der Waals surface area contributed by atoms with Crippen LogP contribution >= 0.6 is 0 Å². The molecule has 74 valence electrons. The molecule has 3 rings (SSSR count). The number of likely N-dealkylation sites (tertiary alicyclic amines) is 1. The van der Waals surface area contributed by atoms with Crippen LogP contribution in [0.25, 0.3) is 0 Å². The normalized spacial score (nSPS) is 49.6. The number of aliphatic hydroxyl groups is 1. The van der Waals surface area contributed by atoms with E-state index in [2.05, 4.69) is 4.90 Å². The summed E-state index contributed by atoms with van der Waals surface area (Å²) in [6, 6.07) is 0.678. The number of nitrogens with zero attached hydrogens (tertiary/aromatic N) is 1. The van der Waals surface area contributed by atoms with Crippen molar-refractivity contribution in [3.05, 3.63) is 0 Å². The molecule has 2 saturated heterocycles. The summed E-state index contributed by atoms with van der Waals surface area (Å²) < 4.78 is 5.77. The van der Waals surface area contributed by atoms with E-state index in [9.17, 15) is 0 Å². The minimum Gasteiger partial charge on any atom is -0.396 e. The van der Waals surface area contributed by atoms with Crippen molar-refractivity contribution < 1.29 is 9.84 Å². The van der Waals surface area contributed by atoms with E-state index in [4.69, 9.17) is 9.84 Å². The molecular weight excluding hydrogens is 166 g/mol. The van der Waals surface area contributed by atoms with Crippen molar-refractivity contribution in [3.63, 3.8) is 0 Å². The largest absolute Gasteiger partial charge is 0.396 e. The molecule has 13 heavy (non-hydrogen) atoms. The number of fused-ring (bicyclic) bond motifs is 2. The van der Waals surface area contributed by atoms with Crippen LogP contribution in [0, 0.1) is 5.92 Å². The number of morpholine rings is 1. The molecular formula is C10H17NO2. The standard InChI is InChI=1S/C10H17NO2/c12-6-7-3-10(7)11-4-8-1-2-9(5-11)13-8/h7-10,12H,1-6H2. The van der Waals surface area contributed by atoms with Crippen LogP contribution < -0.4 is 0 Å². The van der Waals surface area contributed by atoms with Crippen LogP contribution in [0.3, 0.4) is 0 Å². The molecule has 3 aliphatic rings. The topological polar surface area (TPSA) is 32.7 Å². The van der Waals surface area contributed by atoms with E-state index >= 15 is 0 Å². The molecule has 1 aliphatic carbocycles. The average Bonchev–Trinajstić information content (AvgIpc) is 2.87. The predicted molar refractivity (Wildman–Crippen MR) is 48.4 cm³/mol. The third-order valence-corrected chi connectivity index (χ3v) is 3.66. The quantitative estimate of drug-likeness (QED) is 0.665. The zero-order valence-corrected chi connectivity index (χ0v) is 7.85. The minimum absolute atomic E-state index is 0.372. The van der Waals surface area contributed by atoms with Crippen molar-refractivity contribution in [1.29, 1.82) is 0 Å². The summed E-state index contributed by atoms with van der Waals surface area (Å²) in [5.41, 5.74) is 0. The van der Waals surface area contributed by atoms with Gasteiger partial charge in [0.2, 0.25) is 0 Å². The van der Waals surface area contributed by atoms with Crippen LogP contribution in [-0.4, -0.2) is 48.0 Å². The maximum absolute atomic E-state index is 9.00. The Balaban J connectivity index is 1.61. The highest BCUT2D eigenvalue weighted by atomic mass is 16.5. The molecule has 0 aromatic carbocycles. The van der Waals surface area contributed by atoms with Gasteiger partial charge in [0, 0.05) is 25.7 Å². The first kappa shape index (κ1) is 8.21. The van der Waals surface area contributed by atoms with Gasteiger partial charge in [-0.2, -0.15) is 0 Å². The minimum atomic E-state index is 0.372. The Hall–Kier alpha value is -0.120. The van der Waals surface area contributed by atoms with Gasteiger partial charge >= 0.3 is 0 Å². The Morgan fingerprint density at radius 2 is 1.92 bits per heavy atom. The maximum Gasteiger partial charge on any atom is 0.0707 e. The van der Waals surface area contributed by atoms with Crippen molar-refractivity contribution in [3.8, 4) is 0 Å². The molecule has 0 radical (unpaired) electrons. The Labute approximate surface area is 78.7 Å². The fourth-order valence-electron chi connectivity index (χ4n) is 2.79. The summed E-state index contributed by atoms with van der Waals surface area (Å²) in [7, 11) is 0. The molecule has 1 N–H and O–H groups in total. The number of ether oxygens (including phenoxy) is 1. The summed E-state index contributed by atoms with van der Waals surface area (Å²) >= 11 is 0. The SMILES string of the molecule is OCC1CC1N1CC2CCC(C1)O2. The molecule has 2 aliphatic heterocycles. The molecule has 4 unspecified atom stereocenters. The first-order valence-corrected chi connectivity index (χ1v) is 5.37. The highest BCUT2D eigenvalue weighted by molar-refractivity contribution is 4.98. The van der Waals surface area contributed by atoms with E-state index in [1.54, 1.807) is 0 Å².